The normalized spacial score (nSPS) is 12.8. The first-order valence-electron chi connectivity index (χ1n) is 31.4. The largest absolute Gasteiger partial charge is 0.462 e. The van der Waals surface area contributed by atoms with E-state index in [4.69, 9.17) is 14.2 Å². The number of hydrogen-bond donors (Lipinski definition) is 0. The molecule has 0 aromatic carbocycles. The third kappa shape index (κ3) is 60.8. The number of unbranched alkanes of at least 4 members (excludes halogenated alkanes) is 27. The van der Waals surface area contributed by atoms with Gasteiger partial charge in [0.15, 0.2) is 6.10 Å². The van der Waals surface area contributed by atoms with E-state index < -0.39 is 6.10 Å². The van der Waals surface area contributed by atoms with E-state index >= 15 is 0 Å². The molecule has 75 heavy (non-hydrogen) atoms. The second kappa shape index (κ2) is 62.6. The summed E-state index contributed by atoms with van der Waals surface area (Å²) in [6.07, 6.45) is 85.3. The molecule has 1 atom stereocenters. The van der Waals surface area contributed by atoms with Crippen molar-refractivity contribution in [1.82, 2.24) is 0 Å². The summed E-state index contributed by atoms with van der Waals surface area (Å²) in [4.78, 5) is 38.2. The summed E-state index contributed by atoms with van der Waals surface area (Å²) >= 11 is 0. The van der Waals surface area contributed by atoms with Crippen molar-refractivity contribution in [3.63, 3.8) is 0 Å². The lowest BCUT2D eigenvalue weighted by Gasteiger charge is -2.18. The highest BCUT2D eigenvalue weighted by molar-refractivity contribution is 5.71. The lowest BCUT2D eigenvalue weighted by atomic mass is 10.0. The predicted molar refractivity (Wildman–Crippen MR) is 325 cm³/mol. The van der Waals surface area contributed by atoms with E-state index in [9.17, 15) is 14.4 Å². The lowest BCUT2D eigenvalue weighted by molar-refractivity contribution is -0.167. The molecule has 0 aromatic heterocycles. The molecule has 0 rings (SSSR count). The first-order valence-corrected chi connectivity index (χ1v) is 31.4. The van der Waals surface area contributed by atoms with Gasteiger partial charge in [-0.15, -0.1) is 0 Å². The Bertz CT molecular complexity index is 1520. The van der Waals surface area contributed by atoms with Crippen molar-refractivity contribution in [3.8, 4) is 0 Å². The number of carbonyl (C=O) groups is 3. The van der Waals surface area contributed by atoms with Crippen LogP contribution in [0.3, 0.4) is 0 Å². The molecule has 0 heterocycles. The number of rotatable bonds is 56. The van der Waals surface area contributed by atoms with E-state index in [1.807, 2.05) is 0 Å². The van der Waals surface area contributed by atoms with Crippen molar-refractivity contribution in [3.05, 3.63) is 109 Å². The molecule has 0 saturated heterocycles. The van der Waals surface area contributed by atoms with E-state index in [0.717, 1.165) is 116 Å². The van der Waals surface area contributed by atoms with Crippen molar-refractivity contribution < 1.29 is 28.6 Å². The summed E-state index contributed by atoms with van der Waals surface area (Å²) in [7, 11) is 0. The second-order valence-corrected chi connectivity index (χ2v) is 20.6. The van der Waals surface area contributed by atoms with Crippen LogP contribution in [0.1, 0.15) is 290 Å². The Hall–Kier alpha value is -3.93. The minimum absolute atomic E-state index is 0.104. The molecule has 0 saturated carbocycles. The van der Waals surface area contributed by atoms with Gasteiger partial charge in [-0.2, -0.15) is 0 Å². The molecular formula is C69H116O6. The highest BCUT2D eigenvalue weighted by Crippen LogP contribution is 2.17. The minimum atomic E-state index is -0.815. The molecule has 0 aromatic rings. The van der Waals surface area contributed by atoms with E-state index in [1.165, 1.54) is 128 Å². The van der Waals surface area contributed by atoms with E-state index in [2.05, 4.69) is 130 Å². The highest BCUT2D eigenvalue weighted by Gasteiger charge is 2.19. The van der Waals surface area contributed by atoms with E-state index in [-0.39, 0.29) is 37.5 Å². The number of carbonyl (C=O) groups excluding carboxylic acids is 3. The van der Waals surface area contributed by atoms with E-state index in [0.29, 0.717) is 19.3 Å². The lowest BCUT2D eigenvalue weighted by Crippen LogP contribution is -2.30. The maximum atomic E-state index is 12.9. The molecule has 0 fully saturated rings. The van der Waals surface area contributed by atoms with Crippen LogP contribution in [0.2, 0.25) is 0 Å². The van der Waals surface area contributed by atoms with Crippen LogP contribution in [0.15, 0.2) is 109 Å². The first-order chi connectivity index (χ1) is 37.0. The summed E-state index contributed by atoms with van der Waals surface area (Å²) in [6.45, 7) is 6.37. The fourth-order valence-electron chi connectivity index (χ4n) is 8.64. The molecule has 0 aliphatic heterocycles. The zero-order valence-electron chi connectivity index (χ0n) is 49.0. The summed E-state index contributed by atoms with van der Waals surface area (Å²) < 4.78 is 16.8. The Morgan fingerprint density at radius 1 is 0.280 bits per heavy atom. The predicted octanol–water partition coefficient (Wildman–Crippen LogP) is 21.4. The zero-order valence-corrected chi connectivity index (χ0v) is 49.0. The molecule has 0 bridgehead atoms. The smallest absolute Gasteiger partial charge is 0.306 e. The van der Waals surface area contributed by atoms with Crippen molar-refractivity contribution in [2.45, 2.75) is 297 Å². The van der Waals surface area contributed by atoms with Crippen molar-refractivity contribution in [2.24, 2.45) is 0 Å². The summed E-state index contributed by atoms with van der Waals surface area (Å²) in [5, 5.41) is 0. The van der Waals surface area contributed by atoms with Crippen LogP contribution in [0.4, 0.5) is 0 Å². The number of allylic oxidation sites excluding steroid dienone is 18. The average Bonchev–Trinajstić information content (AvgIpc) is 3.41. The van der Waals surface area contributed by atoms with Crippen LogP contribution in [0.25, 0.3) is 0 Å². The summed E-state index contributed by atoms with van der Waals surface area (Å²) in [5.74, 6) is -0.973. The standard InChI is InChI=1S/C69H116O6/c1-4-7-10-13-16-19-22-25-27-29-31-33-34-36-37-39-41-44-47-50-53-56-59-62-68(71)74-65-66(64-73-67(70)61-58-55-52-49-46-43-24-21-18-15-12-9-6-3)75-69(72)63-60-57-54-51-48-45-42-40-38-35-32-30-28-26-23-20-17-14-11-8-5-2/h8-9,11-12,17-18,20-21,26,28,32,35,40,42-43,46,48,51,66H,4-7,10,13-16,19,22-25,27,29-31,33-34,36-39,41,44-45,47,49-50,52-65H2,1-3H3/b11-8-,12-9-,20-17-,21-18-,28-26-,35-32-,42-40-,46-43-,51-48-. The Kier molecular flexibility index (Phi) is 59.3. The average molecular weight is 1040 g/mol. The molecule has 0 spiro atoms. The van der Waals surface area contributed by atoms with Gasteiger partial charge in [0.25, 0.3) is 0 Å². The van der Waals surface area contributed by atoms with Crippen LogP contribution in [0, 0.1) is 0 Å². The molecule has 428 valence electrons. The summed E-state index contributed by atoms with van der Waals surface area (Å²) in [6, 6.07) is 0. The van der Waals surface area contributed by atoms with Gasteiger partial charge in [-0.1, -0.05) is 278 Å². The molecule has 0 radical (unpaired) electrons. The van der Waals surface area contributed by atoms with Crippen molar-refractivity contribution in [2.75, 3.05) is 13.2 Å². The van der Waals surface area contributed by atoms with Gasteiger partial charge in [-0.25, -0.2) is 0 Å². The maximum absolute atomic E-state index is 12.9. The molecule has 1 unspecified atom stereocenters. The van der Waals surface area contributed by atoms with Crippen molar-refractivity contribution in [1.29, 1.82) is 0 Å². The Morgan fingerprint density at radius 3 is 0.840 bits per heavy atom. The van der Waals surface area contributed by atoms with Crippen LogP contribution in [-0.4, -0.2) is 37.2 Å². The van der Waals surface area contributed by atoms with Gasteiger partial charge in [0.05, 0.1) is 0 Å². The topological polar surface area (TPSA) is 78.9 Å². The van der Waals surface area contributed by atoms with Gasteiger partial charge in [0.2, 0.25) is 0 Å². The first kappa shape index (κ1) is 71.1. The van der Waals surface area contributed by atoms with Crippen molar-refractivity contribution >= 4 is 17.9 Å². The van der Waals surface area contributed by atoms with Crippen LogP contribution >= 0.6 is 0 Å². The Morgan fingerprint density at radius 2 is 0.520 bits per heavy atom. The molecule has 6 nitrogen and oxygen atoms in total. The van der Waals surface area contributed by atoms with Crippen LogP contribution in [0.5, 0.6) is 0 Å². The fourth-order valence-corrected chi connectivity index (χ4v) is 8.64. The van der Waals surface area contributed by atoms with Crippen LogP contribution < -0.4 is 0 Å². The van der Waals surface area contributed by atoms with Gasteiger partial charge in [-0.05, 0) is 103 Å². The highest BCUT2D eigenvalue weighted by atomic mass is 16.6. The molecule has 0 amide bonds. The second-order valence-electron chi connectivity index (χ2n) is 20.6. The van der Waals surface area contributed by atoms with E-state index in [1.54, 1.807) is 0 Å². The number of ether oxygens (including phenoxy) is 3. The van der Waals surface area contributed by atoms with Gasteiger partial charge >= 0.3 is 17.9 Å². The Labute approximate surface area is 463 Å². The molecular weight excluding hydrogens is 925 g/mol. The van der Waals surface area contributed by atoms with Gasteiger partial charge in [-0.3, -0.25) is 14.4 Å². The monoisotopic (exact) mass is 1040 g/mol. The van der Waals surface area contributed by atoms with Gasteiger partial charge < -0.3 is 14.2 Å². The third-order valence-electron chi connectivity index (χ3n) is 13.3. The van der Waals surface area contributed by atoms with Gasteiger partial charge in [0.1, 0.15) is 13.2 Å². The maximum Gasteiger partial charge on any atom is 0.306 e. The minimum Gasteiger partial charge on any atom is -0.462 e. The molecule has 6 heteroatoms. The third-order valence-corrected chi connectivity index (χ3v) is 13.3. The van der Waals surface area contributed by atoms with Crippen LogP contribution in [-0.2, 0) is 28.6 Å². The number of hydrogen-bond acceptors (Lipinski definition) is 6. The molecule has 0 aliphatic rings. The SMILES string of the molecule is CC/C=C\C/C=C\C/C=C\C/C=C\C/C=C\C/C=C\CCCCC(=O)OC(COC(=O)CCCCC/C=C\C/C=C\C/C=C\CC)COC(=O)CCCCCCCCCCCCCCCCCCCCCCCCC. The molecule has 0 aliphatic carbocycles. The quantitative estimate of drug-likeness (QED) is 0.0261. The number of esters is 3. The molecule has 0 N–H and O–H groups in total. The zero-order chi connectivity index (χ0) is 54.3. The van der Waals surface area contributed by atoms with Gasteiger partial charge in [0, 0.05) is 19.3 Å². The Balaban J connectivity index is 4.41. The summed E-state index contributed by atoms with van der Waals surface area (Å²) in [5.41, 5.74) is 0. The fraction of sp³-hybridized carbons (Fsp3) is 0.696.